The fourth-order valence-electron chi connectivity index (χ4n) is 3.89. The van der Waals surface area contributed by atoms with Crippen LogP contribution in [0.1, 0.15) is 32.8 Å². The molecule has 0 aromatic heterocycles. The van der Waals surface area contributed by atoms with Crippen molar-refractivity contribution in [2.24, 2.45) is 16.3 Å². The average molecular weight is 465 g/mol. The number of fused-ring (bicyclic) bond motifs is 1. The molecule has 2 aliphatic rings. The summed E-state index contributed by atoms with van der Waals surface area (Å²) in [4.78, 5) is 4.52. The third kappa shape index (κ3) is 4.07. The van der Waals surface area contributed by atoms with Crippen molar-refractivity contribution in [3.63, 3.8) is 0 Å². The number of aliphatic imine (C=N–C) groups is 1. The zero-order chi connectivity index (χ0) is 17.3. The van der Waals surface area contributed by atoms with Gasteiger partial charge in [-0.15, -0.1) is 24.0 Å². The molecule has 1 aliphatic heterocycles. The molecule has 1 saturated carbocycles. The Morgan fingerprint density at radius 1 is 1.32 bits per heavy atom. The Morgan fingerprint density at radius 3 is 2.76 bits per heavy atom. The summed E-state index contributed by atoms with van der Waals surface area (Å²) in [5, 5.41) is 6.73. The van der Waals surface area contributed by atoms with E-state index in [9.17, 15) is 8.78 Å². The second kappa shape index (κ2) is 8.16. The summed E-state index contributed by atoms with van der Waals surface area (Å²) in [6, 6.07) is 4.18. The van der Waals surface area contributed by atoms with Gasteiger partial charge in [-0.2, -0.15) is 0 Å². The quantitative estimate of drug-likeness (QED) is 0.407. The van der Waals surface area contributed by atoms with Crippen LogP contribution < -0.4 is 10.6 Å². The SMILES string of the molecule is CCNC(=NCc1ccc(F)c(F)c1)NC1C2CCOC2C1(C)C.I. The molecule has 0 amide bonds. The highest BCUT2D eigenvalue weighted by Gasteiger charge is 2.59. The first-order chi connectivity index (χ1) is 11.4. The summed E-state index contributed by atoms with van der Waals surface area (Å²) >= 11 is 0. The fraction of sp³-hybridized carbons (Fsp3) is 0.611. The van der Waals surface area contributed by atoms with Gasteiger partial charge in [-0.25, -0.2) is 13.8 Å². The lowest BCUT2D eigenvalue weighted by molar-refractivity contribution is -0.106. The average Bonchev–Trinajstić information content (AvgIpc) is 3.00. The van der Waals surface area contributed by atoms with Gasteiger partial charge >= 0.3 is 0 Å². The largest absolute Gasteiger partial charge is 0.377 e. The summed E-state index contributed by atoms with van der Waals surface area (Å²) in [7, 11) is 0. The van der Waals surface area contributed by atoms with Gasteiger partial charge < -0.3 is 15.4 Å². The van der Waals surface area contributed by atoms with Gasteiger partial charge in [-0.1, -0.05) is 19.9 Å². The van der Waals surface area contributed by atoms with Gasteiger partial charge in [0.15, 0.2) is 17.6 Å². The molecular formula is C18H26F2IN3O. The zero-order valence-electron chi connectivity index (χ0n) is 14.8. The van der Waals surface area contributed by atoms with E-state index in [1.807, 2.05) is 6.92 Å². The Morgan fingerprint density at radius 2 is 2.08 bits per heavy atom. The molecule has 4 nitrogen and oxygen atoms in total. The number of hydrogen-bond acceptors (Lipinski definition) is 2. The van der Waals surface area contributed by atoms with Crippen molar-refractivity contribution >= 4 is 29.9 Å². The highest BCUT2D eigenvalue weighted by molar-refractivity contribution is 14.0. The van der Waals surface area contributed by atoms with Crippen molar-refractivity contribution in [2.75, 3.05) is 13.2 Å². The molecular weight excluding hydrogens is 439 g/mol. The van der Waals surface area contributed by atoms with Crippen molar-refractivity contribution in [3.8, 4) is 0 Å². The number of benzene rings is 1. The third-order valence-electron chi connectivity index (χ3n) is 5.14. The van der Waals surface area contributed by atoms with Crippen molar-refractivity contribution in [1.29, 1.82) is 0 Å². The molecule has 7 heteroatoms. The predicted octanol–water partition coefficient (Wildman–Crippen LogP) is 3.45. The van der Waals surface area contributed by atoms with Crippen LogP contribution in [-0.4, -0.2) is 31.3 Å². The normalized spacial score (nSPS) is 27.1. The minimum absolute atomic E-state index is 0. The highest BCUT2D eigenvalue weighted by atomic mass is 127. The predicted molar refractivity (Wildman–Crippen MR) is 105 cm³/mol. The van der Waals surface area contributed by atoms with Crippen LogP contribution in [-0.2, 0) is 11.3 Å². The molecule has 0 radical (unpaired) electrons. The lowest BCUT2D eigenvalue weighted by Gasteiger charge is -2.54. The van der Waals surface area contributed by atoms with E-state index >= 15 is 0 Å². The van der Waals surface area contributed by atoms with Crippen molar-refractivity contribution in [1.82, 2.24) is 10.6 Å². The number of nitrogens with zero attached hydrogens (tertiary/aromatic N) is 1. The standard InChI is InChI=1S/C18H25F2N3O.HI/c1-4-21-17(22-10-11-5-6-13(19)14(20)9-11)23-15-12-7-8-24-16(12)18(15,2)3;/h5-6,9,12,15-16H,4,7-8,10H2,1-3H3,(H2,21,22,23);1H. The van der Waals surface area contributed by atoms with Crippen LogP contribution in [0.3, 0.4) is 0 Å². The van der Waals surface area contributed by atoms with Gasteiger partial charge in [0.25, 0.3) is 0 Å². The van der Waals surface area contributed by atoms with Crippen molar-refractivity contribution in [3.05, 3.63) is 35.4 Å². The van der Waals surface area contributed by atoms with E-state index in [-0.39, 0.29) is 29.4 Å². The van der Waals surface area contributed by atoms with Gasteiger partial charge in [-0.05, 0) is 31.0 Å². The molecule has 1 heterocycles. The molecule has 0 bridgehead atoms. The monoisotopic (exact) mass is 465 g/mol. The van der Waals surface area contributed by atoms with E-state index < -0.39 is 11.6 Å². The first-order valence-corrected chi connectivity index (χ1v) is 8.54. The molecule has 2 N–H and O–H groups in total. The van der Waals surface area contributed by atoms with Gasteiger partial charge in [0, 0.05) is 30.5 Å². The van der Waals surface area contributed by atoms with E-state index in [1.54, 1.807) is 6.07 Å². The molecule has 3 unspecified atom stereocenters. The van der Waals surface area contributed by atoms with E-state index in [0.29, 0.717) is 36.1 Å². The number of rotatable bonds is 4. The van der Waals surface area contributed by atoms with Crippen molar-refractivity contribution < 1.29 is 13.5 Å². The second-order valence-electron chi connectivity index (χ2n) is 7.13. The van der Waals surface area contributed by atoms with Crippen LogP contribution in [0, 0.1) is 23.0 Å². The number of halogens is 3. The van der Waals surface area contributed by atoms with E-state index in [0.717, 1.165) is 25.6 Å². The Kier molecular flexibility index (Phi) is 6.64. The molecule has 140 valence electrons. The van der Waals surface area contributed by atoms with Crippen LogP contribution in [0.25, 0.3) is 0 Å². The van der Waals surface area contributed by atoms with Crippen LogP contribution in [0.15, 0.2) is 23.2 Å². The smallest absolute Gasteiger partial charge is 0.191 e. The summed E-state index contributed by atoms with van der Waals surface area (Å²) in [6.45, 7) is 8.26. The summed E-state index contributed by atoms with van der Waals surface area (Å²) in [5.74, 6) is -0.472. The Hall–Kier alpha value is -0.960. The van der Waals surface area contributed by atoms with Crippen LogP contribution >= 0.6 is 24.0 Å². The molecule has 1 aromatic carbocycles. The lowest BCUT2D eigenvalue weighted by Crippen LogP contribution is -2.67. The molecule has 3 atom stereocenters. The van der Waals surface area contributed by atoms with Gasteiger partial charge in [0.2, 0.25) is 0 Å². The maximum Gasteiger partial charge on any atom is 0.191 e. The van der Waals surface area contributed by atoms with Crippen LogP contribution in [0.5, 0.6) is 0 Å². The fourth-order valence-corrected chi connectivity index (χ4v) is 3.89. The topological polar surface area (TPSA) is 45.7 Å². The third-order valence-corrected chi connectivity index (χ3v) is 5.14. The van der Waals surface area contributed by atoms with Crippen molar-refractivity contribution in [2.45, 2.75) is 45.9 Å². The number of guanidine groups is 1. The Labute approximate surface area is 164 Å². The first-order valence-electron chi connectivity index (χ1n) is 8.54. The minimum Gasteiger partial charge on any atom is -0.377 e. The number of hydrogen-bond donors (Lipinski definition) is 2. The number of ether oxygens (including phenoxy) is 1. The van der Waals surface area contributed by atoms with Crippen LogP contribution in [0.2, 0.25) is 0 Å². The van der Waals surface area contributed by atoms with E-state index in [2.05, 4.69) is 29.5 Å². The molecule has 2 fully saturated rings. The van der Waals surface area contributed by atoms with Crippen LogP contribution in [0.4, 0.5) is 8.78 Å². The van der Waals surface area contributed by atoms with Gasteiger partial charge in [0.05, 0.1) is 12.6 Å². The molecule has 1 saturated heterocycles. The molecule has 0 spiro atoms. The van der Waals surface area contributed by atoms with Gasteiger partial charge in [-0.3, -0.25) is 0 Å². The highest BCUT2D eigenvalue weighted by Crippen LogP contribution is 2.52. The summed E-state index contributed by atoms with van der Waals surface area (Å²) in [5.41, 5.74) is 0.695. The Bertz CT molecular complexity index is 639. The maximum atomic E-state index is 13.3. The van der Waals surface area contributed by atoms with E-state index in [1.165, 1.54) is 6.07 Å². The maximum absolute atomic E-state index is 13.3. The lowest BCUT2D eigenvalue weighted by atomic mass is 9.57. The Balaban J connectivity index is 0.00000225. The van der Waals surface area contributed by atoms with E-state index in [4.69, 9.17) is 4.74 Å². The minimum atomic E-state index is -0.841. The second-order valence-corrected chi connectivity index (χ2v) is 7.13. The molecule has 25 heavy (non-hydrogen) atoms. The first kappa shape index (κ1) is 20.4. The summed E-state index contributed by atoms with van der Waals surface area (Å²) in [6.07, 6.45) is 1.37. The summed E-state index contributed by atoms with van der Waals surface area (Å²) < 4.78 is 32.1. The number of nitrogens with one attached hydrogen (secondary N) is 2. The zero-order valence-corrected chi connectivity index (χ0v) is 17.1. The molecule has 1 aromatic rings. The molecule has 1 aliphatic carbocycles. The van der Waals surface area contributed by atoms with Gasteiger partial charge in [0.1, 0.15) is 0 Å². The molecule has 3 rings (SSSR count).